The fourth-order valence-electron chi connectivity index (χ4n) is 2.08. The van der Waals surface area contributed by atoms with Crippen molar-refractivity contribution in [2.24, 2.45) is 5.84 Å². The van der Waals surface area contributed by atoms with Crippen molar-refractivity contribution in [2.75, 3.05) is 0 Å². The minimum Gasteiger partial charge on any atom is -0.489 e. The van der Waals surface area contributed by atoms with Crippen LogP contribution >= 0.6 is 0 Å². The molecule has 0 fully saturated rings. The number of rotatable bonds is 9. The molecular weight excluding hydrogens is 238 g/mol. The Morgan fingerprint density at radius 1 is 1.26 bits per heavy atom. The first-order valence-electron chi connectivity index (χ1n) is 7.25. The Balaban J connectivity index is 2.59. The van der Waals surface area contributed by atoms with Crippen molar-refractivity contribution in [2.45, 2.75) is 65.0 Å². The maximum absolute atomic E-state index is 5.66. The van der Waals surface area contributed by atoms with Gasteiger partial charge in [-0.05, 0) is 31.9 Å². The van der Waals surface area contributed by atoms with E-state index in [4.69, 9.17) is 10.6 Å². The summed E-state index contributed by atoms with van der Waals surface area (Å²) in [6.45, 7) is 6.24. The van der Waals surface area contributed by atoms with Crippen LogP contribution in [-0.2, 0) is 0 Å². The third-order valence-electron chi connectivity index (χ3n) is 3.06. The number of ether oxygens (including phenoxy) is 1. The van der Waals surface area contributed by atoms with Gasteiger partial charge >= 0.3 is 0 Å². The van der Waals surface area contributed by atoms with Gasteiger partial charge in [0.05, 0.1) is 12.3 Å². The topological polar surface area (TPSA) is 60.2 Å². The highest BCUT2D eigenvalue weighted by molar-refractivity contribution is 5.26. The van der Waals surface area contributed by atoms with Gasteiger partial charge in [0.15, 0.2) is 0 Å². The summed E-state index contributed by atoms with van der Waals surface area (Å²) in [6.07, 6.45) is 9.76. The van der Waals surface area contributed by atoms with Gasteiger partial charge in [0.1, 0.15) is 5.75 Å². The van der Waals surface area contributed by atoms with Crippen LogP contribution in [0.15, 0.2) is 18.5 Å². The average molecular weight is 265 g/mol. The summed E-state index contributed by atoms with van der Waals surface area (Å²) in [5, 5.41) is 0. The van der Waals surface area contributed by atoms with E-state index in [2.05, 4.69) is 17.3 Å². The molecule has 4 nitrogen and oxygen atoms in total. The highest BCUT2D eigenvalue weighted by atomic mass is 16.5. The molecule has 1 aromatic rings. The number of hydrogen-bond acceptors (Lipinski definition) is 4. The molecule has 0 spiro atoms. The molecule has 0 bridgehead atoms. The van der Waals surface area contributed by atoms with E-state index in [0.717, 1.165) is 17.7 Å². The van der Waals surface area contributed by atoms with Gasteiger partial charge in [-0.1, -0.05) is 32.6 Å². The quantitative estimate of drug-likeness (QED) is 0.408. The summed E-state index contributed by atoms with van der Waals surface area (Å²) in [7, 11) is 0. The average Bonchev–Trinajstić information content (AvgIpc) is 2.38. The maximum Gasteiger partial charge on any atom is 0.138 e. The van der Waals surface area contributed by atoms with Gasteiger partial charge in [-0.3, -0.25) is 16.3 Å². The molecule has 1 unspecified atom stereocenters. The molecule has 0 aliphatic carbocycles. The third kappa shape index (κ3) is 6.03. The Morgan fingerprint density at radius 3 is 2.68 bits per heavy atom. The standard InChI is InChI=1S/C15H27N3O/c1-4-5-6-7-8-15(18-16)13-9-14(11-17-10-13)19-12(2)3/h9-12,15,18H,4-8,16H2,1-3H3. The zero-order valence-corrected chi connectivity index (χ0v) is 12.4. The van der Waals surface area contributed by atoms with Gasteiger partial charge in [0.2, 0.25) is 0 Å². The highest BCUT2D eigenvalue weighted by Gasteiger charge is 2.11. The van der Waals surface area contributed by atoms with Crippen LogP contribution in [0, 0.1) is 0 Å². The molecule has 4 heteroatoms. The van der Waals surface area contributed by atoms with Gasteiger partial charge in [-0.2, -0.15) is 0 Å². The maximum atomic E-state index is 5.66. The van der Waals surface area contributed by atoms with E-state index in [1.54, 1.807) is 6.20 Å². The lowest BCUT2D eigenvalue weighted by Crippen LogP contribution is -2.28. The van der Waals surface area contributed by atoms with Gasteiger partial charge in [-0.25, -0.2) is 0 Å². The van der Waals surface area contributed by atoms with Gasteiger partial charge < -0.3 is 4.74 Å². The molecule has 0 aliphatic rings. The molecule has 0 saturated heterocycles. The van der Waals surface area contributed by atoms with Crippen molar-refractivity contribution in [1.82, 2.24) is 10.4 Å². The van der Waals surface area contributed by atoms with Crippen LogP contribution in [0.25, 0.3) is 0 Å². The summed E-state index contributed by atoms with van der Waals surface area (Å²) in [5.41, 5.74) is 3.97. The highest BCUT2D eigenvalue weighted by Crippen LogP contribution is 2.22. The monoisotopic (exact) mass is 265 g/mol. The molecule has 108 valence electrons. The summed E-state index contributed by atoms with van der Waals surface area (Å²) in [6, 6.07) is 2.18. The number of aromatic nitrogens is 1. The van der Waals surface area contributed by atoms with Crippen molar-refractivity contribution in [3.8, 4) is 5.75 Å². The van der Waals surface area contributed by atoms with Crippen molar-refractivity contribution in [3.05, 3.63) is 24.0 Å². The van der Waals surface area contributed by atoms with Crippen molar-refractivity contribution < 1.29 is 4.74 Å². The largest absolute Gasteiger partial charge is 0.489 e. The Bertz CT molecular complexity index is 355. The van der Waals surface area contributed by atoms with Crippen LogP contribution in [0.1, 0.15) is 64.5 Å². The number of unbranched alkanes of at least 4 members (excludes halogenated alkanes) is 3. The minimum atomic E-state index is 0.153. The third-order valence-corrected chi connectivity index (χ3v) is 3.06. The molecule has 0 radical (unpaired) electrons. The molecule has 1 aromatic heterocycles. The second kappa shape index (κ2) is 8.88. The van der Waals surface area contributed by atoms with Crippen molar-refractivity contribution in [3.63, 3.8) is 0 Å². The predicted octanol–water partition coefficient (Wildman–Crippen LogP) is 3.34. The number of hydrazine groups is 1. The fourth-order valence-corrected chi connectivity index (χ4v) is 2.08. The first kappa shape index (κ1) is 15.9. The van der Waals surface area contributed by atoms with Crippen molar-refractivity contribution >= 4 is 0 Å². The SMILES string of the molecule is CCCCCCC(NN)c1cncc(OC(C)C)c1. The Morgan fingerprint density at radius 2 is 2.05 bits per heavy atom. The summed E-state index contributed by atoms with van der Waals surface area (Å²) in [5.74, 6) is 6.46. The van der Waals surface area contributed by atoms with E-state index in [0.29, 0.717) is 0 Å². The number of pyridine rings is 1. The molecule has 0 amide bonds. The fraction of sp³-hybridized carbons (Fsp3) is 0.667. The van der Waals surface area contributed by atoms with E-state index in [-0.39, 0.29) is 12.1 Å². The molecule has 0 aliphatic heterocycles. The number of hydrogen-bond donors (Lipinski definition) is 2. The lowest BCUT2D eigenvalue weighted by Gasteiger charge is -2.17. The summed E-state index contributed by atoms with van der Waals surface area (Å²) >= 11 is 0. The minimum absolute atomic E-state index is 0.153. The van der Waals surface area contributed by atoms with Crippen LogP contribution in [0.5, 0.6) is 5.75 Å². The Hall–Kier alpha value is -1.13. The lowest BCUT2D eigenvalue weighted by atomic mass is 10.0. The molecule has 0 saturated carbocycles. The van der Waals surface area contributed by atoms with E-state index in [9.17, 15) is 0 Å². The first-order valence-corrected chi connectivity index (χ1v) is 7.25. The zero-order valence-electron chi connectivity index (χ0n) is 12.4. The second-order valence-corrected chi connectivity index (χ2v) is 5.19. The predicted molar refractivity (Wildman–Crippen MR) is 78.8 cm³/mol. The van der Waals surface area contributed by atoms with E-state index in [1.807, 2.05) is 26.1 Å². The molecule has 1 heterocycles. The van der Waals surface area contributed by atoms with Crippen molar-refractivity contribution in [1.29, 1.82) is 0 Å². The zero-order chi connectivity index (χ0) is 14.1. The molecule has 0 aromatic carbocycles. The summed E-state index contributed by atoms with van der Waals surface area (Å²) in [4.78, 5) is 4.23. The Labute approximate surface area is 116 Å². The van der Waals surface area contributed by atoms with Gasteiger partial charge in [0, 0.05) is 12.2 Å². The van der Waals surface area contributed by atoms with Crippen LogP contribution in [0.4, 0.5) is 0 Å². The van der Waals surface area contributed by atoms with Gasteiger partial charge in [-0.15, -0.1) is 0 Å². The van der Waals surface area contributed by atoms with Crippen LogP contribution in [0.3, 0.4) is 0 Å². The summed E-state index contributed by atoms with van der Waals surface area (Å²) < 4.78 is 5.66. The number of nitrogens with zero attached hydrogens (tertiary/aromatic N) is 1. The molecule has 1 atom stereocenters. The van der Waals surface area contributed by atoms with Crippen LogP contribution in [0.2, 0.25) is 0 Å². The van der Waals surface area contributed by atoms with E-state index in [1.165, 1.54) is 25.7 Å². The molecule has 3 N–H and O–H groups in total. The Kier molecular flexibility index (Phi) is 7.45. The number of nitrogens with one attached hydrogen (secondary N) is 1. The molecular formula is C15H27N3O. The van der Waals surface area contributed by atoms with E-state index < -0.39 is 0 Å². The van der Waals surface area contributed by atoms with E-state index >= 15 is 0 Å². The first-order chi connectivity index (χ1) is 9.17. The molecule has 1 rings (SSSR count). The van der Waals surface area contributed by atoms with Gasteiger partial charge in [0.25, 0.3) is 0 Å². The number of nitrogens with two attached hydrogens (primary N) is 1. The lowest BCUT2D eigenvalue weighted by molar-refractivity contribution is 0.241. The molecule has 19 heavy (non-hydrogen) atoms. The van der Waals surface area contributed by atoms with Crippen LogP contribution < -0.4 is 16.0 Å². The van der Waals surface area contributed by atoms with Crippen LogP contribution in [-0.4, -0.2) is 11.1 Å². The normalized spacial score (nSPS) is 12.7. The second-order valence-electron chi connectivity index (χ2n) is 5.19. The smallest absolute Gasteiger partial charge is 0.138 e.